The first-order valence-electron chi connectivity index (χ1n) is 10.1. The van der Waals surface area contributed by atoms with Crippen molar-refractivity contribution in [1.82, 2.24) is 10.3 Å². The molecule has 5 nitrogen and oxygen atoms in total. The first kappa shape index (κ1) is 18.0. The van der Waals surface area contributed by atoms with Crippen LogP contribution in [0.2, 0.25) is 0 Å². The Balaban J connectivity index is 1.38. The Hall–Kier alpha value is -2.08. The van der Waals surface area contributed by atoms with Gasteiger partial charge in [0.15, 0.2) is 11.5 Å². The molecule has 6 heteroatoms. The highest BCUT2D eigenvalue weighted by molar-refractivity contribution is 7.13. The summed E-state index contributed by atoms with van der Waals surface area (Å²) in [7, 11) is 3.24. The van der Waals surface area contributed by atoms with Gasteiger partial charge >= 0.3 is 0 Å². The van der Waals surface area contributed by atoms with Crippen molar-refractivity contribution < 1.29 is 14.3 Å². The summed E-state index contributed by atoms with van der Waals surface area (Å²) in [6.07, 6.45) is 7.53. The zero-order chi connectivity index (χ0) is 19.3. The lowest BCUT2D eigenvalue weighted by molar-refractivity contribution is -0.0167. The molecule has 4 aliphatic carbocycles. The molecule has 4 bridgehead atoms. The number of nitrogens with zero attached hydrogens (tertiary/aromatic N) is 1. The fourth-order valence-corrected chi connectivity index (χ4v) is 6.95. The van der Waals surface area contributed by atoms with Gasteiger partial charge in [0.2, 0.25) is 0 Å². The number of rotatable bonds is 5. The summed E-state index contributed by atoms with van der Waals surface area (Å²) in [4.78, 5) is 17.7. The maximum Gasteiger partial charge on any atom is 0.271 e. The van der Waals surface area contributed by atoms with Crippen molar-refractivity contribution in [1.29, 1.82) is 0 Å². The zero-order valence-electron chi connectivity index (χ0n) is 16.4. The van der Waals surface area contributed by atoms with E-state index in [2.05, 4.69) is 10.3 Å². The molecule has 28 heavy (non-hydrogen) atoms. The molecule has 0 atom stereocenters. The Morgan fingerprint density at radius 1 is 1.11 bits per heavy atom. The summed E-state index contributed by atoms with van der Waals surface area (Å²) in [5, 5.41) is 6.03. The Morgan fingerprint density at radius 2 is 1.79 bits per heavy atom. The van der Waals surface area contributed by atoms with Gasteiger partial charge in [-0.1, -0.05) is 6.07 Å². The molecule has 4 saturated carbocycles. The summed E-state index contributed by atoms with van der Waals surface area (Å²) >= 11 is 1.46. The molecule has 148 valence electrons. The number of aromatic nitrogens is 1. The van der Waals surface area contributed by atoms with Crippen molar-refractivity contribution in [3.63, 3.8) is 0 Å². The number of hydrogen-bond donors (Lipinski definition) is 1. The van der Waals surface area contributed by atoms with E-state index in [1.165, 1.54) is 30.6 Å². The lowest BCUT2D eigenvalue weighted by Gasteiger charge is -2.56. The number of nitrogens with one attached hydrogen (secondary N) is 1. The minimum Gasteiger partial charge on any atom is -0.493 e. The second-order valence-electron chi connectivity index (χ2n) is 8.73. The van der Waals surface area contributed by atoms with Crippen molar-refractivity contribution in [2.75, 3.05) is 14.2 Å². The standard InChI is InChI=1S/C22H26N2O3S/c1-26-18-5-3-4-16(19(18)27-2)21-23-17(12-28-21)20(25)24-22-9-13-6-14(10-22)8-15(7-13)11-22/h3-5,12-15H,6-11H2,1-2H3,(H,24,25). The van der Waals surface area contributed by atoms with Crippen LogP contribution in [-0.2, 0) is 0 Å². The van der Waals surface area contributed by atoms with E-state index in [4.69, 9.17) is 9.47 Å². The van der Waals surface area contributed by atoms with Gasteiger partial charge in [0.05, 0.1) is 19.8 Å². The second-order valence-corrected chi connectivity index (χ2v) is 9.59. The number of carbonyl (C=O) groups is 1. The fraction of sp³-hybridized carbons (Fsp3) is 0.545. The molecule has 0 radical (unpaired) electrons. The molecule has 1 aromatic carbocycles. The first-order chi connectivity index (χ1) is 13.6. The highest BCUT2D eigenvalue weighted by Crippen LogP contribution is 2.55. The van der Waals surface area contributed by atoms with Gasteiger partial charge in [0.25, 0.3) is 5.91 Å². The number of amides is 1. The molecule has 0 aliphatic heterocycles. The summed E-state index contributed by atoms with van der Waals surface area (Å²) in [5.74, 6) is 3.68. The van der Waals surface area contributed by atoms with Crippen molar-refractivity contribution in [3.8, 4) is 22.1 Å². The largest absolute Gasteiger partial charge is 0.493 e. The molecule has 4 aliphatic rings. The molecule has 6 rings (SSSR count). The van der Waals surface area contributed by atoms with E-state index in [9.17, 15) is 4.79 Å². The lowest BCUT2D eigenvalue weighted by Crippen LogP contribution is -2.59. The topological polar surface area (TPSA) is 60.5 Å². The molecular formula is C22H26N2O3S. The molecule has 0 spiro atoms. The number of thiazole rings is 1. The molecule has 2 aromatic rings. The number of hydrogen-bond acceptors (Lipinski definition) is 5. The molecule has 1 N–H and O–H groups in total. The van der Waals surface area contributed by atoms with Crippen LogP contribution >= 0.6 is 11.3 Å². The van der Waals surface area contributed by atoms with Crippen molar-refractivity contribution in [2.24, 2.45) is 17.8 Å². The SMILES string of the molecule is COc1cccc(-c2nc(C(=O)NC34CC5CC(CC(C5)C3)C4)cs2)c1OC. The minimum absolute atomic E-state index is 0.00324. The Bertz CT molecular complexity index is 872. The summed E-state index contributed by atoms with van der Waals surface area (Å²) < 4.78 is 10.9. The third kappa shape index (κ3) is 2.98. The van der Waals surface area contributed by atoms with E-state index in [-0.39, 0.29) is 11.4 Å². The molecule has 0 unspecified atom stereocenters. The molecule has 1 amide bonds. The van der Waals surface area contributed by atoms with E-state index < -0.39 is 0 Å². The number of para-hydroxylation sites is 1. The molecule has 1 aromatic heterocycles. The van der Waals surface area contributed by atoms with E-state index in [1.807, 2.05) is 23.6 Å². The summed E-state index contributed by atoms with van der Waals surface area (Å²) in [5.41, 5.74) is 1.35. The van der Waals surface area contributed by atoms with Gasteiger partial charge in [-0.25, -0.2) is 4.98 Å². The van der Waals surface area contributed by atoms with Crippen molar-refractivity contribution in [3.05, 3.63) is 29.3 Å². The maximum atomic E-state index is 13.0. The third-order valence-corrected chi connectivity index (χ3v) is 7.66. The van der Waals surface area contributed by atoms with Crippen molar-refractivity contribution in [2.45, 2.75) is 44.1 Å². The number of ether oxygens (including phenoxy) is 2. The van der Waals surface area contributed by atoms with Crippen LogP contribution in [0, 0.1) is 17.8 Å². The highest BCUT2D eigenvalue weighted by Gasteiger charge is 2.51. The maximum absolute atomic E-state index is 13.0. The van der Waals surface area contributed by atoms with Crippen LogP contribution < -0.4 is 14.8 Å². The van der Waals surface area contributed by atoms with Gasteiger partial charge in [0.1, 0.15) is 10.7 Å². The molecule has 0 saturated heterocycles. The molecule has 4 fully saturated rings. The van der Waals surface area contributed by atoms with Gasteiger partial charge < -0.3 is 14.8 Å². The van der Waals surface area contributed by atoms with Crippen LogP contribution in [0.3, 0.4) is 0 Å². The number of methoxy groups -OCH3 is 2. The van der Waals surface area contributed by atoms with E-state index in [1.54, 1.807) is 14.2 Å². The first-order valence-corrected chi connectivity index (χ1v) is 11.0. The Morgan fingerprint density at radius 3 is 2.39 bits per heavy atom. The Labute approximate surface area is 169 Å². The zero-order valence-corrected chi connectivity index (χ0v) is 17.2. The van der Waals surface area contributed by atoms with Gasteiger partial charge in [-0.3, -0.25) is 4.79 Å². The predicted octanol–water partition coefficient (Wildman–Crippen LogP) is 4.53. The van der Waals surface area contributed by atoms with E-state index in [0.717, 1.165) is 47.6 Å². The van der Waals surface area contributed by atoms with E-state index in [0.29, 0.717) is 17.2 Å². The average molecular weight is 399 g/mol. The Kier molecular flexibility index (Phi) is 4.34. The van der Waals surface area contributed by atoms with E-state index >= 15 is 0 Å². The van der Waals surface area contributed by atoms with Crippen LogP contribution in [0.4, 0.5) is 0 Å². The van der Waals surface area contributed by atoms with Crippen LogP contribution in [0.15, 0.2) is 23.6 Å². The summed E-state index contributed by atoms with van der Waals surface area (Å²) in [6, 6.07) is 5.71. The smallest absolute Gasteiger partial charge is 0.271 e. The van der Waals surface area contributed by atoms with Gasteiger partial charge in [-0.05, 0) is 68.4 Å². The quantitative estimate of drug-likeness (QED) is 0.804. The van der Waals surface area contributed by atoms with Gasteiger partial charge in [-0.15, -0.1) is 11.3 Å². The van der Waals surface area contributed by atoms with Crippen LogP contribution in [-0.4, -0.2) is 30.6 Å². The van der Waals surface area contributed by atoms with Crippen LogP contribution in [0.25, 0.3) is 10.6 Å². The van der Waals surface area contributed by atoms with Crippen molar-refractivity contribution >= 4 is 17.2 Å². The predicted molar refractivity (Wildman–Crippen MR) is 109 cm³/mol. The molecular weight excluding hydrogens is 372 g/mol. The highest BCUT2D eigenvalue weighted by atomic mass is 32.1. The summed E-state index contributed by atoms with van der Waals surface area (Å²) in [6.45, 7) is 0. The number of carbonyl (C=O) groups excluding carboxylic acids is 1. The number of benzene rings is 1. The minimum atomic E-state index is -0.0358. The normalized spacial score (nSPS) is 30.3. The monoisotopic (exact) mass is 398 g/mol. The second kappa shape index (κ2) is 6.76. The van der Waals surface area contributed by atoms with Gasteiger partial charge in [0, 0.05) is 10.9 Å². The average Bonchev–Trinajstić information content (AvgIpc) is 3.16. The van der Waals surface area contributed by atoms with Gasteiger partial charge in [-0.2, -0.15) is 0 Å². The fourth-order valence-electron chi connectivity index (χ4n) is 6.13. The van der Waals surface area contributed by atoms with Crippen LogP contribution in [0.5, 0.6) is 11.5 Å². The van der Waals surface area contributed by atoms with Crippen LogP contribution in [0.1, 0.15) is 49.0 Å². The molecule has 1 heterocycles. The third-order valence-electron chi connectivity index (χ3n) is 6.79. The lowest BCUT2D eigenvalue weighted by atomic mass is 9.53.